The first-order valence-corrected chi connectivity index (χ1v) is 9.78. The van der Waals surface area contributed by atoms with Gasteiger partial charge in [-0.25, -0.2) is 0 Å². The highest BCUT2D eigenvalue weighted by molar-refractivity contribution is 5.98. The summed E-state index contributed by atoms with van der Waals surface area (Å²) in [6.07, 6.45) is 0. The molecule has 0 aliphatic heterocycles. The van der Waals surface area contributed by atoms with Crippen molar-refractivity contribution in [1.82, 2.24) is 0 Å². The third kappa shape index (κ3) is 5.61. The number of nitrogens with one attached hydrogen (secondary N) is 3. The van der Waals surface area contributed by atoms with Gasteiger partial charge in [-0.3, -0.25) is 9.59 Å². The summed E-state index contributed by atoms with van der Waals surface area (Å²) in [5.41, 5.74) is 2.79. The van der Waals surface area contributed by atoms with E-state index < -0.39 is 6.04 Å². The topological polar surface area (TPSA) is 79.5 Å². The van der Waals surface area contributed by atoms with Crippen molar-refractivity contribution in [3.8, 4) is 5.75 Å². The molecule has 0 saturated carbocycles. The van der Waals surface area contributed by atoms with E-state index in [1.54, 1.807) is 12.1 Å². The Labute approximate surface area is 176 Å². The predicted octanol–water partition coefficient (Wildman–Crippen LogP) is 4.84. The zero-order chi connectivity index (χ0) is 21.3. The fourth-order valence-electron chi connectivity index (χ4n) is 3.06. The van der Waals surface area contributed by atoms with Gasteiger partial charge in [-0.1, -0.05) is 48.5 Å². The molecular formula is C24H25N3O3. The van der Waals surface area contributed by atoms with Crippen molar-refractivity contribution >= 4 is 28.9 Å². The van der Waals surface area contributed by atoms with Gasteiger partial charge in [-0.05, 0) is 42.8 Å². The van der Waals surface area contributed by atoms with Gasteiger partial charge in [0.1, 0.15) is 11.8 Å². The fraction of sp³-hybridized carbons (Fsp3) is 0.167. The summed E-state index contributed by atoms with van der Waals surface area (Å²) in [5.74, 6) is 0.239. The quantitative estimate of drug-likeness (QED) is 0.503. The van der Waals surface area contributed by atoms with Crippen molar-refractivity contribution in [2.45, 2.75) is 19.9 Å². The van der Waals surface area contributed by atoms with E-state index in [9.17, 15) is 9.59 Å². The summed E-state index contributed by atoms with van der Waals surface area (Å²) in [7, 11) is 0. The number of benzene rings is 3. The standard InChI is InChI=1S/C24H25N3O3/c1-3-30-22-15-8-7-14-21(22)27-24(29)23(18-10-5-4-6-11-18)26-20-13-9-12-19(16-20)25-17(2)28/h4-16,23,26H,3H2,1-2H3,(H,25,28)(H,27,29). The highest BCUT2D eigenvalue weighted by Gasteiger charge is 2.22. The van der Waals surface area contributed by atoms with E-state index in [-0.39, 0.29) is 11.8 Å². The summed E-state index contributed by atoms with van der Waals surface area (Å²) < 4.78 is 5.62. The second-order valence-electron chi connectivity index (χ2n) is 6.67. The van der Waals surface area contributed by atoms with Crippen molar-refractivity contribution in [2.75, 3.05) is 22.6 Å². The Morgan fingerprint density at radius 3 is 2.30 bits per heavy atom. The zero-order valence-corrected chi connectivity index (χ0v) is 17.0. The van der Waals surface area contributed by atoms with Crippen LogP contribution < -0.4 is 20.7 Å². The van der Waals surface area contributed by atoms with Crippen LogP contribution in [0.5, 0.6) is 5.75 Å². The smallest absolute Gasteiger partial charge is 0.251 e. The molecule has 0 radical (unpaired) electrons. The van der Waals surface area contributed by atoms with E-state index in [0.29, 0.717) is 29.4 Å². The van der Waals surface area contributed by atoms with Crippen LogP contribution in [0, 0.1) is 0 Å². The van der Waals surface area contributed by atoms with Crippen LogP contribution in [0.15, 0.2) is 78.9 Å². The highest BCUT2D eigenvalue weighted by atomic mass is 16.5. The molecular weight excluding hydrogens is 378 g/mol. The molecule has 0 bridgehead atoms. The largest absolute Gasteiger partial charge is 0.492 e. The highest BCUT2D eigenvalue weighted by Crippen LogP contribution is 2.27. The Kier molecular flexibility index (Phi) is 7.05. The van der Waals surface area contributed by atoms with Crippen LogP contribution in [0.2, 0.25) is 0 Å². The third-order valence-corrected chi connectivity index (χ3v) is 4.33. The van der Waals surface area contributed by atoms with Gasteiger partial charge in [0.15, 0.2) is 0 Å². The summed E-state index contributed by atoms with van der Waals surface area (Å²) in [4.78, 5) is 24.6. The molecule has 154 valence electrons. The molecule has 1 atom stereocenters. The van der Waals surface area contributed by atoms with Crippen molar-refractivity contribution < 1.29 is 14.3 Å². The first-order chi connectivity index (χ1) is 14.6. The minimum Gasteiger partial charge on any atom is -0.492 e. The number of ether oxygens (including phenoxy) is 1. The molecule has 2 amide bonds. The summed E-state index contributed by atoms with van der Waals surface area (Å²) in [6.45, 7) is 3.86. The Bertz CT molecular complexity index is 1010. The van der Waals surface area contributed by atoms with Crippen LogP contribution in [-0.4, -0.2) is 18.4 Å². The molecule has 0 spiro atoms. The number of para-hydroxylation sites is 2. The van der Waals surface area contributed by atoms with Gasteiger partial charge in [-0.15, -0.1) is 0 Å². The van der Waals surface area contributed by atoms with Crippen molar-refractivity contribution in [2.24, 2.45) is 0 Å². The van der Waals surface area contributed by atoms with Crippen LogP contribution in [0.1, 0.15) is 25.5 Å². The monoisotopic (exact) mass is 403 g/mol. The van der Waals surface area contributed by atoms with Gasteiger partial charge in [0, 0.05) is 18.3 Å². The number of rotatable bonds is 8. The minimum absolute atomic E-state index is 0.156. The lowest BCUT2D eigenvalue weighted by Crippen LogP contribution is -2.27. The number of hydrogen-bond acceptors (Lipinski definition) is 4. The average molecular weight is 403 g/mol. The SMILES string of the molecule is CCOc1ccccc1NC(=O)C(Nc1cccc(NC(C)=O)c1)c1ccccc1. The zero-order valence-electron chi connectivity index (χ0n) is 17.0. The lowest BCUT2D eigenvalue weighted by Gasteiger charge is -2.21. The fourth-order valence-corrected chi connectivity index (χ4v) is 3.06. The maximum atomic E-state index is 13.2. The van der Waals surface area contributed by atoms with Crippen LogP contribution >= 0.6 is 0 Å². The molecule has 0 saturated heterocycles. The van der Waals surface area contributed by atoms with Crippen molar-refractivity contribution in [3.05, 3.63) is 84.4 Å². The normalized spacial score (nSPS) is 11.3. The summed E-state index contributed by atoms with van der Waals surface area (Å²) in [5, 5.41) is 8.99. The van der Waals surface area contributed by atoms with Gasteiger partial charge in [0.25, 0.3) is 5.91 Å². The lowest BCUT2D eigenvalue weighted by atomic mass is 10.1. The molecule has 0 heterocycles. The summed E-state index contributed by atoms with van der Waals surface area (Å²) in [6, 6.07) is 23.4. The predicted molar refractivity (Wildman–Crippen MR) is 120 cm³/mol. The van der Waals surface area contributed by atoms with E-state index >= 15 is 0 Å². The third-order valence-electron chi connectivity index (χ3n) is 4.33. The van der Waals surface area contributed by atoms with E-state index in [1.807, 2.05) is 73.7 Å². The molecule has 0 aliphatic rings. The van der Waals surface area contributed by atoms with E-state index in [4.69, 9.17) is 4.74 Å². The van der Waals surface area contributed by atoms with E-state index in [1.165, 1.54) is 6.92 Å². The molecule has 0 aromatic heterocycles. The molecule has 3 N–H and O–H groups in total. The molecule has 1 unspecified atom stereocenters. The molecule has 3 rings (SSSR count). The van der Waals surface area contributed by atoms with Crippen LogP contribution in [0.25, 0.3) is 0 Å². The number of carbonyl (C=O) groups is 2. The van der Waals surface area contributed by atoms with E-state index in [2.05, 4.69) is 16.0 Å². The Balaban J connectivity index is 1.87. The Hall–Kier alpha value is -3.80. The van der Waals surface area contributed by atoms with Crippen molar-refractivity contribution in [1.29, 1.82) is 0 Å². The van der Waals surface area contributed by atoms with Gasteiger partial charge in [0.2, 0.25) is 5.91 Å². The number of anilines is 3. The second kappa shape index (κ2) is 10.1. The lowest BCUT2D eigenvalue weighted by molar-refractivity contribution is -0.117. The average Bonchev–Trinajstić information content (AvgIpc) is 2.74. The minimum atomic E-state index is -0.645. The Morgan fingerprint density at radius 2 is 1.57 bits per heavy atom. The molecule has 6 nitrogen and oxygen atoms in total. The molecule has 30 heavy (non-hydrogen) atoms. The van der Waals surface area contributed by atoms with E-state index in [0.717, 1.165) is 5.56 Å². The van der Waals surface area contributed by atoms with Crippen LogP contribution in [-0.2, 0) is 9.59 Å². The first-order valence-electron chi connectivity index (χ1n) is 9.78. The molecule has 0 aliphatic carbocycles. The number of hydrogen-bond donors (Lipinski definition) is 3. The van der Waals surface area contributed by atoms with Crippen LogP contribution in [0.3, 0.4) is 0 Å². The first kappa shape index (κ1) is 20.9. The maximum Gasteiger partial charge on any atom is 0.251 e. The maximum absolute atomic E-state index is 13.2. The molecule has 6 heteroatoms. The molecule has 0 fully saturated rings. The molecule has 3 aromatic carbocycles. The summed E-state index contributed by atoms with van der Waals surface area (Å²) >= 11 is 0. The van der Waals surface area contributed by atoms with Crippen molar-refractivity contribution in [3.63, 3.8) is 0 Å². The Morgan fingerprint density at radius 1 is 0.867 bits per heavy atom. The van der Waals surface area contributed by atoms with Gasteiger partial charge in [0.05, 0.1) is 12.3 Å². The van der Waals surface area contributed by atoms with Gasteiger partial charge >= 0.3 is 0 Å². The van der Waals surface area contributed by atoms with Crippen LogP contribution in [0.4, 0.5) is 17.1 Å². The number of amides is 2. The van der Waals surface area contributed by atoms with Gasteiger partial charge in [-0.2, -0.15) is 0 Å². The van der Waals surface area contributed by atoms with Gasteiger partial charge < -0.3 is 20.7 Å². The molecule has 3 aromatic rings. The number of carbonyl (C=O) groups excluding carboxylic acids is 2. The second-order valence-corrected chi connectivity index (χ2v) is 6.67.